The lowest BCUT2D eigenvalue weighted by Gasteiger charge is -2.37. The normalized spacial score (nSPS) is 27.4. The van der Waals surface area contributed by atoms with Crippen molar-refractivity contribution in [2.45, 2.75) is 44.9 Å². The van der Waals surface area contributed by atoms with Gasteiger partial charge in [0.2, 0.25) is 5.91 Å². The van der Waals surface area contributed by atoms with Gasteiger partial charge in [-0.3, -0.25) is 4.79 Å². The van der Waals surface area contributed by atoms with Crippen LogP contribution in [0.25, 0.3) is 0 Å². The monoisotopic (exact) mass is 420 g/mol. The highest BCUT2D eigenvalue weighted by Gasteiger charge is 2.49. The van der Waals surface area contributed by atoms with E-state index in [2.05, 4.69) is 20.9 Å². The average Bonchev–Trinajstić information content (AvgIpc) is 3.34. The quantitative estimate of drug-likeness (QED) is 0.768. The van der Waals surface area contributed by atoms with Gasteiger partial charge < -0.3 is 15.5 Å². The van der Waals surface area contributed by atoms with Crippen LogP contribution in [0.3, 0.4) is 0 Å². The summed E-state index contributed by atoms with van der Waals surface area (Å²) < 4.78 is 0. The van der Waals surface area contributed by atoms with Crippen LogP contribution in [0.4, 0.5) is 5.13 Å². The summed E-state index contributed by atoms with van der Waals surface area (Å²) in [6, 6.07) is 0. The van der Waals surface area contributed by atoms with Crippen LogP contribution in [0.5, 0.6) is 0 Å². The molecule has 2 aliphatic heterocycles. The standard InChI is InChI=1S/C18H28N4OS.2ClH/c23-16(18-7-2-1-5-14(18)11-19-13-18)20-8-6-15-12-24-17(21-15)22-9-3-4-10-22;;/h12,14,19H,1-11,13H2,(H,20,23);2*1H/t14-,18+;;/m0../s1. The van der Waals surface area contributed by atoms with E-state index in [1.54, 1.807) is 11.3 Å². The molecule has 3 aliphatic rings. The number of rotatable bonds is 5. The Morgan fingerprint density at radius 2 is 2.12 bits per heavy atom. The summed E-state index contributed by atoms with van der Waals surface area (Å²) in [6.45, 7) is 4.86. The summed E-state index contributed by atoms with van der Waals surface area (Å²) in [5, 5.41) is 9.97. The fourth-order valence-corrected chi connectivity index (χ4v) is 5.55. The molecule has 3 fully saturated rings. The number of nitrogens with one attached hydrogen (secondary N) is 2. The van der Waals surface area contributed by atoms with Crippen LogP contribution in [-0.4, -0.2) is 43.6 Å². The van der Waals surface area contributed by atoms with Gasteiger partial charge in [0.1, 0.15) is 0 Å². The van der Waals surface area contributed by atoms with E-state index in [1.807, 2.05) is 0 Å². The third-order valence-electron chi connectivity index (χ3n) is 6.07. The lowest BCUT2D eigenvalue weighted by Crippen LogP contribution is -2.48. The van der Waals surface area contributed by atoms with Crippen LogP contribution in [0.2, 0.25) is 0 Å². The molecular weight excluding hydrogens is 391 g/mol. The minimum atomic E-state index is -0.138. The van der Waals surface area contributed by atoms with Crippen molar-refractivity contribution >= 4 is 47.2 Å². The number of amides is 1. The second kappa shape index (κ2) is 9.58. The molecule has 0 aromatic carbocycles. The fourth-order valence-electron chi connectivity index (χ4n) is 4.64. The van der Waals surface area contributed by atoms with E-state index < -0.39 is 0 Å². The third kappa shape index (κ3) is 4.29. The molecule has 0 radical (unpaired) electrons. The molecule has 5 nitrogen and oxygen atoms in total. The highest BCUT2D eigenvalue weighted by atomic mass is 35.5. The molecule has 1 aromatic heterocycles. The van der Waals surface area contributed by atoms with Gasteiger partial charge in [0.05, 0.1) is 11.1 Å². The molecular formula is C18H30Cl2N4OS. The summed E-state index contributed by atoms with van der Waals surface area (Å²) >= 11 is 1.74. The number of carbonyl (C=O) groups is 1. The Bertz CT molecular complexity index is 594. The van der Waals surface area contributed by atoms with Gasteiger partial charge in [-0.2, -0.15) is 0 Å². The van der Waals surface area contributed by atoms with Gasteiger partial charge in [0.15, 0.2) is 5.13 Å². The summed E-state index contributed by atoms with van der Waals surface area (Å²) in [5.41, 5.74) is 0.977. The van der Waals surface area contributed by atoms with Crippen molar-refractivity contribution in [3.8, 4) is 0 Å². The summed E-state index contributed by atoms with van der Waals surface area (Å²) in [4.78, 5) is 20.0. The first-order valence-corrected chi connectivity index (χ1v) is 10.3. The van der Waals surface area contributed by atoms with Crippen molar-refractivity contribution in [2.24, 2.45) is 11.3 Å². The lowest BCUT2D eigenvalue weighted by molar-refractivity contribution is -0.133. The van der Waals surface area contributed by atoms with Crippen molar-refractivity contribution in [1.29, 1.82) is 0 Å². The Kier molecular flexibility index (Phi) is 8.01. The van der Waals surface area contributed by atoms with Crippen LogP contribution in [0.15, 0.2) is 5.38 Å². The highest BCUT2D eigenvalue weighted by molar-refractivity contribution is 7.13. The van der Waals surface area contributed by atoms with Gasteiger partial charge in [0.25, 0.3) is 0 Å². The molecule has 2 N–H and O–H groups in total. The zero-order valence-electron chi connectivity index (χ0n) is 15.2. The Hall–Kier alpha value is -0.560. The number of fused-ring (bicyclic) bond motifs is 1. The zero-order valence-corrected chi connectivity index (χ0v) is 17.6. The second-order valence-electron chi connectivity index (χ2n) is 7.55. The van der Waals surface area contributed by atoms with Crippen LogP contribution in [-0.2, 0) is 11.2 Å². The van der Waals surface area contributed by atoms with Crippen molar-refractivity contribution < 1.29 is 4.79 Å². The minimum absolute atomic E-state index is 0. The minimum Gasteiger partial charge on any atom is -0.355 e. The van der Waals surface area contributed by atoms with E-state index >= 15 is 0 Å². The highest BCUT2D eigenvalue weighted by Crippen LogP contribution is 2.43. The SMILES string of the molecule is Cl.Cl.O=C(NCCc1csc(N2CCCC2)n1)[C@@]12CCCC[C@H]1CNC2. The van der Waals surface area contributed by atoms with Crippen LogP contribution in [0, 0.1) is 11.3 Å². The molecule has 1 aromatic rings. The average molecular weight is 421 g/mol. The number of nitrogens with zero attached hydrogens (tertiary/aromatic N) is 2. The Morgan fingerprint density at radius 1 is 1.31 bits per heavy atom. The fraction of sp³-hybridized carbons (Fsp3) is 0.778. The summed E-state index contributed by atoms with van der Waals surface area (Å²) in [7, 11) is 0. The van der Waals surface area contributed by atoms with Gasteiger partial charge in [-0.15, -0.1) is 36.2 Å². The largest absolute Gasteiger partial charge is 0.355 e. The summed E-state index contributed by atoms with van der Waals surface area (Å²) in [6.07, 6.45) is 8.11. The Morgan fingerprint density at radius 3 is 2.92 bits per heavy atom. The molecule has 0 bridgehead atoms. The van der Waals surface area contributed by atoms with Crippen molar-refractivity contribution in [3.63, 3.8) is 0 Å². The predicted molar refractivity (Wildman–Crippen MR) is 112 cm³/mol. The number of hydrogen-bond acceptors (Lipinski definition) is 5. The first-order chi connectivity index (χ1) is 11.8. The maximum Gasteiger partial charge on any atom is 0.227 e. The van der Waals surface area contributed by atoms with Crippen LogP contribution < -0.4 is 15.5 Å². The second-order valence-corrected chi connectivity index (χ2v) is 8.39. The molecule has 0 unspecified atom stereocenters. The molecule has 1 aliphatic carbocycles. The van der Waals surface area contributed by atoms with Crippen molar-refractivity contribution in [3.05, 3.63) is 11.1 Å². The molecule has 3 heterocycles. The van der Waals surface area contributed by atoms with Crippen molar-refractivity contribution in [2.75, 3.05) is 37.6 Å². The molecule has 0 spiro atoms. The molecule has 2 saturated heterocycles. The number of halogens is 2. The Labute approximate surface area is 172 Å². The molecule has 4 rings (SSSR count). The number of anilines is 1. The van der Waals surface area contributed by atoms with Crippen LogP contribution in [0.1, 0.15) is 44.2 Å². The molecule has 1 saturated carbocycles. The van der Waals surface area contributed by atoms with Gasteiger partial charge >= 0.3 is 0 Å². The maximum absolute atomic E-state index is 12.8. The maximum atomic E-state index is 12.8. The molecule has 1 amide bonds. The van der Waals surface area contributed by atoms with Crippen molar-refractivity contribution in [1.82, 2.24) is 15.6 Å². The topological polar surface area (TPSA) is 57.3 Å². The Balaban J connectivity index is 0.00000121. The lowest BCUT2D eigenvalue weighted by atomic mass is 9.67. The first-order valence-electron chi connectivity index (χ1n) is 9.46. The van der Waals surface area contributed by atoms with Gasteiger partial charge in [-0.25, -0.2) is 4.98 Å². The molecule has 148 valence electrons. The number of hydrogen-bond donors (Lipinski definition) is 2. The summed E-state index contributed by atoms with van der Waals surface area (Å²) in [5.74, 6) is 0.805. The van der Waals surface area contributed by atoms with E-state index in [-0.39, 0.29) is 36.1 Å². The van der Waals surface area contributed by atoms with Gasteiger partial charge in [-0.05, 0) is 38.1 Å². The van der Waals surface area contributed by atoms with E-state index in [1.165, 1.54) is 32.1 Å². The predicted octanol–water partition coefficient (Wildman–Crippen LogP) is 3.03. The molecule has 2 atom stereocenters. The van der Waals surface area contributed by atoms with E-state index in [0.29, 0.717) is 12.5 Å². The molecule has 26 heavy (non-hydrogen) atoms. The smallest absolute Gasteiger partial charge is 0.227 e. The van der Waals surface area contributed by atoms with E-state index in [4.69, 9.17) is 4.98 Å². The van der Waals surface area contributed by atoms with E-state index in [0.717, 1.165) is 49.8 Å². The third-order valence-corrected chi connectivity index (χ3v) is 7.02. The van der Waals surface area contributed by atoms with Gasteiger partial charge in [0, 0.05) is 38.0 Å². The van der Waals surface area contributed by atoms with Gasteiger partial charge in [-0.1, -0.05) is 12.8 Å². The first kappa shape index (κ1) is 21.7. The van der Waals surface area contributed by atoms with Crippen LogP contribution >= 0.6 is 36.2 Å². The number of thiazole rings is 1. The molecule has 8 heteroatoms. The number of aromatic nitrogens is 1. The van der Waals surface area contributed by atoms with E-state index in [9.17, 15) is 4.79 Å². The zero-order chi connectivity index (χ0) is 16.4. The number of carbonyl (C=O) groups excluding carboxylic acids is 1.